The van der Waals surface area contributed by atoms with Crippen molar-refractivity contribution in [2.24, 2.45) is 0 Å². The predicted octanol–water partition coefficient (Wildman–Crippen LogP) is 15.3. The lowest BCUT2D eigenvalue weighted by Crippen LogP contribution is -2.14. The Morgan fingerprint density at radius 1 is 0.446 bits per heavy atom. The second kappa shape index (κ2) is 13.3. The van der Waals surface area contributed by atoms with Crippen molar-refractivity contribution in [2.45, 2.75) is 19.3 Å². The van der Waals surface area contributed by atoms with Gasteiger partial charge >= 0.3 is 0 Å². The van der Waals surface area contributed by atoms with Gasteiger partial charge in [0.1, 0.15) is 0 Å². The van der Waals surface area contributed by atoms with Gasteiger partial charge in [-0.1, -0.05) is 184 Å². The first-order chi connectivity index (χ1) is 27.5. The van der Waals surface area contributed by atoms with E-state index in [2.05, 4.69) is 193 Å². The molecule has 0 bridgehead atoms. The summed E-state index contributed by atoms with van der Waals surface area (Å²) < 4.78 is 0. The van der Waals surface area contributed by atoms with Crippen LogP contribution >= 0.6 is 0 Å². The van der Waals surface area contributed by atoms with Crippen LogP contribution in [-0.4, -0.2) is 0 Å². The fourth-order valence-corrected chi connectivity index (χ4v) is 9.02. The highest BCUT2D eigenvalue weighted by Gasteiger charge is 2.37. The van der Waals surface area contributed by atoms with Crippen LogP contribution in [0.5, 0.6) is 0 Å². The largest absolute Gasteiger partial charge is 0.309 e. The van der Waals surface area contributed by atoms with Crippen LogP contribution in [0.2, 0.25) is 0 Å². The summed E-state index contributed by atoms with van der Waals surface area (Å²) in [5.74, 6) is 0. The minimum absolute atomic E-state index is 0.115. The van der Waals surface area contributed by atoms with E-state index in [0.29, 0.717) is 5.69 Å². The van der Waals surface area contributed by atoms with Crippen LogP contribution in [-0.2, 0) is 5.41 Å². The Bertz CT molecular complexity index is 3000. The summed E-state index contributed by atoms with van der Waals surface area (Å²) in [6, 6.07) is 70.1. The highest BCUT2D eigenvalue weighted by Crippen LogP contribution is 2.55. The van der Waals surface area contributed by atoms with Gasteiger partial charge in [-0.2, -0.15) is 0 Å². The summed E-state index contributed by atoms with van der Waals surface area (Å²) in [6.45, 7) is 12.2. The molecule has 0 radical (unpaired) electrons. The maximum atomic E-state index is 7.51. The lowest BCUT2D eigenvalue weighted by Gasteiger charge is -2.31. The zero-order chi connectivity index (χ0) is 37.8. The number of benzene rings is 9. The van der Waals surface area contributed by atoms with Crippen LogP contribution in [0.15, 0.2) is 194 Å². The molecule has 0 saturated heterocycles. The molecule has 0 atom stereocenters. The lowest BCUT2D eigenvalue weighted by molar-refractivity contribution is 0.660. The summed E-state index contributed by atoms with van der Waals surface area (Å²) in [4.78, 5) is 6.11. The molecule has 1 aliphatic carbocycles. The molecule has 0 aliphatic heterocycles. The molecule has 2 heteroatoms. The average molecular weight is 715 g/mol. The van der Waals surface area contributed by atoms with Gasteiger partial charge < -0.3 is 4.90 Å². The Hall–Kier alpha value is -7.21. The van der Waals surface area contributed by atoms with E-state index >= 15 is 0 Å². The van der Waals surface area contributed by atoms with Crippen LogP contribution in [0.25, 0.3) is 70.9 Å². The van der Waals surface area contributed by atoms with E-state index in [-0.39, 0.29) is 5.41 Å². The molecule has 0 N–H and O–H groups in total. The molecule has 0 aromatic heterocycles. The molecule has 0 spiro atoms. The molecule has 1 aliphatic rings. The fraction of sp³-hybridized carbons (Fsp3) is 0.0556. The van der Waals surface area contributed by atoms with E-state index in [1.807, 2.05) is 24.3 Å². The molecule has 2 nitrogen and oxygen atoms in total. The molecular weight excluding hydrogens is 677 g/mol. The van der Waals surface area contributed by atoms with Crippen molar-refractivity contribution in [1.29, 1.82) is 0 Å². The summed E-state index contributed by atoms with van der Waals surface area (Å²) in [6.07, 6.45) is 0. The lowest BCUT2D eigenvalue weighted by atomic mass is 9.81. The molecule has 264 valence electrons. The highest BCUT2D eigenvalue weighted by atomic mass is 15.1. The summed E-state index contributed by atoms with van der Waals surface area (Å²) >= 11 is 0. The second-order valence-corrected chi connectivity index (χ2v) is 15.2. The van der Waals surface area contributed by atoms with Crippen LogP contribution in [0, 0.1) is 6.57 Å². The molecule has 0 saturated carbocycles. The molecule has 9 aromatic carbocycles. The minimum Gasteiger partial charge on any atom is -0.309 e. The molecule has 56 heavy (non-hydrogen) atoms. The van der Waals surface area contributed by atoms with Gasteiger partial charge in [0.2, 0.25) is 0 Å². The summed E-state index contributed by atoms with van der Waals surface area (Å²) in [5, 5.41) is 4.82. The maximum absolute atomic E-state index is 7.51. The molecule has 9 aromatic rings. The average Bonchev–Trinajstić information content (AvgIpc) is 3.50. The van der Waals surface area contributed by atoms with Gasteiger partial charge in [0.25, 0.3) is 0 Å². The molecular formula is C54H38N2. The summed E-state index contributed by atoms with van der Waals surface area (Å²) in [7, 11) is 0. The predicted molar refractivity (Wildman–Crippen MR) is 236 cm³/mol. The summed E-state index contributed by atoms with van der Waals surface area (Å²) in [5.41, 5.74) is 16.0. The first kappa shape index (κ1) is 33.4. The number of anilines is 3. The number of hydrogen-bond donors (Lipinski definition) is 0. The zero-order valence-electron chi connectivity index (χ0n) is 31.4. The Kier molecular flexibility index (Phi) is 7.91. The van der Waals surface area contributed by atoms with Crippen LogP contribution < -0.4 is 4.90 Å². The van der Waals surface area contributed by atoms with E-state index in [4.69, 9.17) is 6.57 Å². The molecule has 0 fully saturated rings. The SMILES string of the molecule is [C-]#[N+]c1ccc(-c2cccc(N(c3cccc(-c4cccc5c4-c4ccccc4C5(C)C)c3-c3ccccc3)c3cccc4ccc5ccccc5c34)c2)cc1. The van der Waals surface area contributed by atoms with Crippen molar-refractivity contribution in [3.05, 3.63) is 217 Å². The van der Waals surface area contributed by atoms with E-state index in [1.165, 1.54) is 60.5 Å². The standard InChI is InChI=1S/C54H38N2/c1-54(2)47-25-10-9-22-46(47)53-45(23-13-26-48(53)54)44-24-14-28-50(52(44)38-16-5-4-6-17-38)56(42-20-11-19-40(35-42)36-31-33-41(55-3)34-32-36)49-27-12-18-39-30-29-37-15-7-8-21-43(37)51(39)49/h4-35H,1-2H3. The monoisotopic (exact) mass is 714 g/mol. The van der Waals surface area contributed by atoms with Gasteiger partial charge in [0, 0.05) is 22.1 Å². The van der Waals surface area contributed by atoms with E-state index in [1.54, 1.807) is 0 Å². The zero-order valence-corrected chi connectivity index (χ0v) is 31.4. The maximum Gasteiger partial charge on any atom is 0.187 e. The third kappa shape index (κ3) is 5.32. The van der Waals surface area contributed by atoms with Crippen LogP contribution in [0.1, 0.15) is 25.0 Å². The van der Waals surface area contributed by atoms with Crippen molar-refractivity contribution in [3.8, 4) is 44.5 Å². The number of hydrogen-bond acceptors (Lipinski definition) is 1. The number of nitrogens with zero attached hydrogens (tertiary/aromatic N) is 2. The van der Waals surface area contributed by atoms with Crippen molar-refractivity contribution in [1.82, 2.24) is 0 Å². The normalized spacial score (nSPS) is 12.6. The Balaban J connectivity index is 1.30. The van der Waals surface area contributed by atoms with E-state index < -0.39 is 0 Å². The quantitative estimate of drug-likeness (QED) is 0.123. The van der Waals surface area contributed by atoms with Gasteiger partial charge in [0.15, 0.2) is 5.69 Å². The number of rotatable bonds is 6. The Morgan fingerprint density at radius 2 is 1.05 bits per heavy atom. The number of fused-ring (bicyclic) bond motifs is 6. The Morgan fingerprint density at radius 3 is 1.89 bits per heavy atom. The van der Waals surface area contributed by atoms with Crippen molar-refractivity contribution in [3.63, 3.8) is 0 Å². The third-order valence-corrected chi connectivity index (χ3v) is 11.7. The molecule has 0 heterocycles. The van der Waals surface area contributed by atoms with Crippen LogP contribution in [0.3, 0.4) is 0 Å². The van der Waals surface area contributed by atoms with Gasteiger partial charge in [-0.05, 0) is 90.5 Å². The van der Waals surface area contributed by atoms with Crippen molar-refractivity contribution < 1.29 is 0 Å². The first-order valence-electron chi connectivity index (χ1n) is 19.2. The highest BCUT2D eigenvalue weighted by molar-refractivity contribution is 6.16. The topological polar surface area (TPSA) is 7.60 Å². The third-order valence-electron chi connectivity index (χ3n) is 11.7. The molecule has 0 unspecified atom stereocenters. The van der Waals surface area contributed by atoms with Gasteiger partial charge in [0.05, 0.1) is 17.9 Å². The van der Waals surface area contributed by atoms with Gasteiger partial charge in [-0.15, -0.1) is 0 Å². The van der Waals surface area contributed by atoms with Crippen molar-refractivity contribution in [2.75, 3.05) is 4.90 Å². The van der Waals surface area contributed by atoms with Gasteiger partial charge in [-0.25, -0.2) is 4.85 Å². The van der Waals surface area contributed by atoms with E-state index in [9.17, 15) is 0 Å². The fourth-order valence-electron chi connectivity index (χ4n) is 9.02. The van der Waals surface area contributed by atoms with E-state index in [0.717, 1.165) is 33.8 Å². The molecule has 0 amide bonds. The van der Waals surface area contributed by atoms with Crippen LogP contribution in [0.4, 0.5) is 22.7 Å². The van der Waals surface area contributed by atoms with Gasteiger partial charge in [-0.3, -0.25) is 0 Å². The smallest absolute Gasteiger partial charge is 0.187 e. The Labute approximate surface area is 328 Å². The first-order valence-corrected chi connectivity index (χ1v) is 19.2. The second-order valence-electron chi connectivity index (χ2n) is 15.2. The minimum atomic E-state index is -0.115. The molecule has 10 rings (SSSR count). The van der Waals surface area contributed by atoms with Crippen molar-refractivity contribution >= 4 is 44.3 Å².